The predicted octanol–water partition coefficient (Wildman–Crippen LogP) is 12.5. The predicted molar refractivity (Wildman–Crippen MR) is 196 cm³/mol. The fraction of sp³-hybridized carbons (Fsp3) is 0. The third-order valence-electron chi connectivity index (χ3n) is 8.71. The van der Waals surface area contributed by atoms with Crippen LogP contribution in [0.1, 0.15) is 0 Å². The minimum absolute atomic E-state index is 0.771. The van der Waals surface area contributed by atoms with Gasteiger partial charge in [0.25, 0.3) is 0 Å². The van der Waals surface area contributed by atoms with E-state index in [2.05, 4.69) is 186 Å². The summed E-state index contributed by atoms with van der Waals surface area (Å²) in [4.78, 5) is 11.8. The van der Waals surface area contributed by atoms with Crippen LogP contribution in [0.15, 0.2) is 200 Å². The van der Waals surface area contributed by atoms with Crippen molar-refractivity contribution in [2.24, 2.45) is 0 Å². The molecule has 46 heavy (non-hydrogen) atoms. The highest BCUT2D eigenvalue weighted by Gasteiger charge is 2.36. The largest absolute Gasteiger partial charge is 0.310 e. The van der Waals surface area contributed by atoms with Gasteiger partial charge >= 0.3 is 0 Å². The lowest BCUT2D eigenvalue weighted by Crippen LogP contribution is -2.19. The maximum atomic E-state index is 2.48. The van der Waals surface area contributed by atoms with Crippen molar-refractivity contribution in [3.63, 3.8) is 0 Å². The van der Waals surface area contributed by atoms with Gasteiger partial charge < -0.3 is 9.80 Å². The molecule has 0 bridgehead atoms. The van der Waals surface area contributed by atoms with Crippen LogP contribution in [0.4, 0.5) is 34.1 Å². The fourth-order valence-corrected chi connectivity index (χ4v) is 11.0. The van der Waals surface area contributed by atoms with Crippen molar-refractivity contribution in [1.82, 2.24) is 0 Å². The third kappa shape index (κ3) is 4.53. The summed E-state index contributed by atoms with van der Waals surface area (Å²) in [6, 6.07) is 64.0. The lowest BCUT2D eigenvalue weighted by molar-refractivity contribution is 1.06. The highest BCUT2D eigenvalue weighted by atomic mass is 32.2. The molecule has 0 radical (unpaired) electrons. The number of thiol groups is 1. The lowest BCUT2D eigenvalue weighted by atomic mass is 10.1. The van der Waals surface area contributed by atoms with Crippen LogP contribution in [-0.2, 0) is 0 Å². The summed E-state index contributed by atoms with van der Waals surface area (Å²) >= 11 is 1.91. The Labute approximate surface area is 276 Å². The van der Waals surface area contributed by atoms with Gasteiger partial charge in [-0.25, -0.2) is 0 Å². The summed E-state index contributed by atoms with van der Waals surface area (Å²) in [5, 5.41) is 0. The van der Waals surface area contributed by atoms with Crippen LogP contribution in [0.5, 0.6) is 0 Å². The van der Waals surface area contributed by atoms with Crippen LogP contribution in [0, 0.1) is 0 Å². The molecule has 2 heterocycles. The van der Waals surface area contributed by atoms with Gasteiger partial charge in [-0.05, 0) is 90.0 Å². The van der Waals surface area contributed by atoms with E-state index < -0.39 is 10.9 Å². The number of nitrogens with zero attached hydrogens (tertiary/aromatic N) is 2. The molecule has 2 aliphatic heterocycles. The molecule has 0 amide bonds. The molecule has 220 valence electrons. The molecular weight excluding hydrogens is 597 g/mol. The smallest absolute Gasteiger partial charge is 0.0607 e. The zero-order valence-electron chi connectivity index (χ0n) is 25.0. The van der Waals surface area contributed by atoms with E-state index in [1.165, 1.54) is 52.7 Å². The van der Waals surface area contributed by atoms with E-state index in [1.54, 1.807) is 0 Å². The van der Waals surface area contributed by atoms with Gasteiger partial charge in [-0.3, -0.25) is 0 Å². The number of rotatable bonds is 5. The SMILES string of the molecule is c1ccc(-c2ccc3c(c2)Sc2cccc4c2[SH]3c2ccc(N(c3ccccc3)c3ccccc3)cc2N4c2ccccc2)cc1. The number of anilines is 6. The van der Waals surface area contributed by atoms with Crippen LogP contribution in [-0.4, -0.2) is 0 Å². The first kappa shape index (κ1) is 27.2. The minimum Gasteiger partial charge on any atom is -0.310 e. The normalized spacial score (nSPS) is 15.0. The maximum Gasteiger partial charge on any atom is 0.0607 e. The van der Waals surface area contributed by atoms with Crippen molar-refractivity contribution in [3.8, 4) is 11.1 Å². The van der Waals surface area contributed by atoms with Gasteiger partial charge in [0.15, 0.2) is 0 Å². The standard InChI is InChI=1S/C42H30N2S2/c1-5-14-30(15-6-1)31-24-26-41-39(28-31)45-38-23-13-22-36-42(38)46(41)40-27-25-35(29-37(40)44(36)34-20-11-4-12-21-34)43(32-16-7-2-8-17-32)33-18-9-3-10-19-33/h1-29,46H. The molecule has 0 saturated heterocycles. The lowest BCUT2D eigenvalue weighted by Gasteiger charge is -2.43. The van der Waals surface area contributed by atoms with Crippen LogP contribution < -0.4 is 9.80 Å². The Kier molecular flexibility index (Phi) is 6.69. The summed E-state index contributed by atoms with van der Waals surface area (Å²) in [6.45, 7) is 0. The van der Waals surface area contributed by atoms with E-state index in [-0.39, 0.29) is 0 Å². The molecule has 0 saturated carbocycles. The Morgan fingerprint density at radius 3 is 1.76 bits per heavy atom. The number of fused-ring (bicyclic) bond motifs is 4. The first-order valence-electron chi connectivity index (χ1n) is 15.5. The molecule has 1 unspecified atom stereocenters. The Bertz CT molecular complexity index is 2150. The third-order valence-corrected chi connectivity index (χ3v) is 12.8. The van der Waals surface area contributed by atoms with Gasteiger partial charge in [0.05, 0.1) is 11.4 Å². The van der Waals surface area contributed by atoms with E-state index in [0.717, 1.165) is 17.1 Å². The summed E-state index contributed by atoms with van der Waals surface area (Å²) in [5.41, 5.74) is 9.61. The fourth-order valence-electron chi connectivity index (χ4n) is 6.68. The maximum absolute atomic E-state index is 2.48. The van der Waals surface area contributed by atoms with Crippen LogP contribution in [0.25, 0.3) is 11.1 Å². The minimum atomic E-state index is -0.771. The van der Waals surface area contributed by atoms with Crippen LogP contribution in [0.3, 0.4) is 0 Å². The molecule has 2 nitrogen and oxygen atoms in total. The second kappa shape index (κ2) is 11.3. The average Bonchev–Trinajstić information content (AvgIpc) is 3.13. The van der Waals surface area contributed by atoms with Crippen molar-refractivity contribution in [3.05, 3.63) is 176 Å². The van der Waals surface area contributed by atoms with Crippen molar-refractivity contribution in [1.29, 1.82) is 0 Å². The molecular formula is C42H30N2S2. The van der Waals surface area contributed by atoms with Crippen LogP contribution >= 0.6 is 22.7 Å². The van der Waals surface area contributed by atoms with Gasteiger partial charge in [-0.1, -0.05) is 109 Å². The summed E-state index contributed by atoms with van der Waals surface area (Å²) in [7, 11) is -0.771. The molecule has 0 aromatic heterocycles. The first-order valence-corrected chi connectivity index (χ1v) is 17.7. The molecule has 0 fully saturated rings. The Morgan fingerprint density at radius 1 is 0.435 bits per heavy atom. The van der Waals surface area contributed by atoms with Gasteiger partial charge in [-0.2, -0.15) is 10.9 Å². The second-order valence-corrected chi connectivity index (χ2v) is 14.6. The molecule has 9 rings (SSSR count). The molecule has 1 atom stereocenters. The highest BCUT2D eigenvalue weighted by molar-refractivity contribution is 8.19. The van der Waals surface area contributed by atoms with Crippen molar-refractivity contribution < 1.29 is 0 Å². The van der Waals surface area contributed by atoms with E-state index in [0.29, 0.717) is 0 Å². The molecule has 0 aliphatic carbocycles. The monoisotopic (exact) mass is 626 g/mol. The van der Waals surface area contributed by atoms with Crippen molar-refractivity contribution >= 4 is 56.8 Å². The Balaban J connectivity index is 1.27. The Hall–Kier alpha value is -5.16. The second-order valence-electron chi connectivity index (χ2n) is 11.5. The van der Waals surface area contributed by atoms with Gasteiger partial charge in [-0.15, -0.1) is 0 Å². The van der Waals surface area contributed by atoms with E-state index >= 15 is 0 Å². The number of para-hydroxylation sites is 3. The topological polar surface area (TPSA) is 6.48 Å². The summed E-state index contributed by atoms with van der Waals surface area (Å²) < 4.78 is 0. The quantitative estimate of drug-likeness (QED) is 0.190. The molecule has 4 heteroatoms. The molecule has 7 aromatic carbocycles. The zero-order valence-corrected chi connectivity index (χ0v) is 26.7. The van der Waals surface area contributed by atoms with Crippen LogP contribution in [0.2, 0.25) is 0 Å². The Morgan fingerprint density at radius 2 is 1.07 bits per heavy atom. The summed E-state index contributed by atoms with van der Waals surface area (Å²) in [6.07, 6.45) is 0. The number of hydrogen-bond acceptors (Lipinski definition) is 3. The molecule has 2 aliphatic rings. The zero-order chi connectivity index (χ0) is 30.5. The highest BCUT2D eigenvalue weighted by Crippen LogP contribution is 2.70. The number of hydrogen-bond donors (Lipinski definition) is 1. The van der Waals surface area contributed by atoms with Gasteiger partial charge in [0.1, 0.15) is 0 Å². The first-order chi connectivity index (χ1) is 22.8. The number of benzene rings is 7. The van der Waals surface area contributed by atoms with Gasteiger partial charge in [0, 0.05) is 47.2 Å². The van der Waals surface area contributed by atoms with E-state index in [1.807, 2.05) is 11.8 Å². The van der Waals surface area contributed by atoms with E-state index in [9.17, 15) is 0 Å². The van der Waals surface area contributed by atoms with E-state index in [4.69, 9.17) is 0 Å². The molecule has 0 N–H and O–H groups in total. The van der Waals surface area contributed by atoms with Crippen molar-refractivity contribution in [2.75, 3.05) is 9.80 Å². The average molecular weight is 627 g/mol. The summed E-state index contributed by atoms with van der Waals surface area (Å²) in [5.74, 6) is 0. The van der Waals surface area contributed by atoms with Gasteiger partial charge in [0.2, 0.25) is 0 Å². The molecule has 7 aromatic rings. The molecule has 0 spiro atoms. The van der Waals surface area contributed by atoms with Crippen molar-refractivity contribution in [2.45, 2.75) is 24.5 Å².